The molecule has 1 aromatic heterocycles. The molecule has 1 atom stereocenters. The standard InChI is InChI=1S/C23H25N3O2/c1-4-5-11-26-21(16-9-7-6-8-10-16)18-19(24-25-20(18)23(26)28)17-13-14(2)12-15(3)22(17)27/h6-10,12-13,21,27H,4-5,11H2,1-3H3,(H,24,25). The van der Waals surface area contributed by atoms with Crippen LogP contribution in [0.3, 0.4) is 0 Å². The van der Waals surface area contributed by atoms with Crippen molar-refractivity contribution in [3.63, 3.8) is 0 Å². The van der Waals surface area contributed by atoms with Crippen LogP contribution >= 0.6 is 0 Å². The van der Waals surface area contributed by atoms with Gasteiger partial charge in [0.15, 0.2) is 0 Å². The number of phenolic OH excluding ortho intramolecular Hbond substituents is 1. The van der Waals surface area contributed by atoms with Crippen LogP contribution < -0.4 is 0 Å². The quantitative estimate of drug-likeness (QED) is 0.676. The van der Waals surface area contributed by atoms with Crippen LogP contribution in [0.25, 0.3) is 11.3 Å². The second-order valence-corrected chi connectivity index (χ2v) is 7.50. The molecule has 1 aliphatic heterocycles. The van der Waals surface area contributed by atoms with E-state index in [1.165, 1.54) is 0 Å². The van der Waals surface area contributed by atoms with Gasteiger partial charge in [0.2, 0.25) is 0 Å². The maximum atomic E-state index is 13.1. The average molecular weight is 375 g/mol. The van der Waals surface area contributed by atoms with Gasteiger partial charge in [-0.1, -0.05) is 49.7 Å². The molecule has 1 amide bonds. The smallest absolute Gasteiger partial charge is 0.273 e. The molecule has 1 aliphatic rings. The number of unbranched alkanes of at least 4 members (excludes halogenated alkanes) is 1. The summed E-state index contributed by atoms with van der Waals surface area (Å²) in [6, 6.07) is 13.7. The number of H-pyrrole nitrogens is 1. The van der Waals surface area contributed by atoms with E-state index in [4.69, 9.17) is 0 Å². The SMILES string of the molecule is CCCCN1C(=O)c2[nH]nc(-c3cc(C)cc(C)c3O)c2C1c1ccccc1. The van der Waals surface area contributed by atoms with E-state index in [1.54, 1.807) is 0 Å². The highest BCUT2D eigenvalue weighted by molar-refractivity contribution is 6.00. The lowest BCUT2D eigenvalue weighted by atomic mass is 9.94. The van der Waals surface area contributed by atoms with E-state index < -0.39 is 0 Å². The number of aromatic amines is 1. The van der Waals surface area contributed by atoms with Crippen molar-refractivity contribution < 1.29 is 9.90 Å². The van der Waals surface area contributed by atoms with Crippen molar-refractivity contribution in [3.05, 3.63) is 70.4 Å². The van der Waals surface area contributed by atoms with Gasteiger partial charge in [0.25, 0.3) is 5.91 Å². The molecule has 0 spiro atoms. The number of fused-ring (bicyclic) bond motifs is 1. The predicted molar refractivity (Wildman–Crippen MR) is 109 cm³/mol. The highest BCUT2D eigenvalue weighted by atomic mass is 16.3. The van der Waals surface area contributed by atoms with Gasteiger partial charge in [-0.25, -0.2) is 0 Å². The van der Waals surface area contributed by atoms with Gasteiger partial charge < -0.3 is 10.0 Å². The largest absolute Gasteiger partial charge is 0.507 e. The summed E-state index contributed by atoms with van der Waals surface area (Å²) in [6.07, 6.45) is 1.96. The van der Waals surface area contributed by atoms with E-state index in [-0.39, 0.29) is 17.7 Å². The van der Waals surface area contributed by atoms with E-state index in [2.05, 4.69) is 17.1 Å². The third-order valence-electron chi connectivity index (χ3n) is 5.43. The zero-order chi connectivity index (χ0) is 19.8. The Labute approximate surface area is 165 Å². The number of carbonyl (C=O) groups is 1. The molecule has 0 saturated carbocycles. The highest BCUT2D eigenvalue weighted by Crippen LogP contribution is 2.45. The molecule has 3 aromatic rings. The number of benzene rings is 2. The van der Waals surface area contributed by atoms with Crippen LogP contribution in [0.1, 0.15) is 58.5 Å². The third kappa shape index (κ3) is 2.87. The zero-order valence-corrected chi connectivity index (χ0v) is 16.5. The Balaban J connectivity index is 1.91. The maximum Gasteiger partial charge on any atom is 0.273 e. The van der Waals surface area contributed by atoms with E-state index in [9.17, 15) is 9.90 Å². The Morgan fingerprint density at radius 2 is 1.93 bits per heavy atom. The summed E-state index contributed by atoms with van der Waals surface area (Å²) < 4.78 is 0. The van der Waals surface area contributed by atoms with Crippen molar-refractivity contribution in [3.8, 4) is 17.0 Å². The van der Waals surface area contributed by atoms with Crippen molar-refractivity contribution in [2.75, 3.05) is 6.54 Å². The Morgan fingerprint density at radius 3 is 2.64 bits per heavy atom. The summed E-state index contributed by atoms with van der Waals surface area (Å²) in [4.78, 5) is 15.1. The summed E-state index contributed by atoms with van der Waals surface area (Å²) in [6.45, 7) is 6.69. The molecule has 0 radical (unpaired) electrons. The van der Waals surface area contributed by atoms with Crippen molar-refractivity contribution in [2.45, 2.75) is 39.7 Å². The Bertz CT molecular complexity index is 1020. The molecule has 5 heteroatoms. The van der Waals surface area contributed by atoms with E-state index in [0.717, 1.165) is 35.1 Å². The summed E-state index contributed by atoms with van der Waals surface area (Å²) >= 11 is 0. The number of aryl methyl sites for hydroxylation is 2. The molecule has 2 N–H and O–H groups in total. The number of hydrogen-bond donors (Lipinski definition) is 2. The molecule has 5 nitrogen and oxygen atoms in total. The fraction of sp³-hybridized carbons (Fsp3) is 0.304. The predicted octanol–water partition coefficient (Wildman–Crippen LogP) is 4.74. The molecule has 2 heterocycles. The van der Waals surface area contributed by atoms with Crippen LogP contribution in [0.4, 0.5) is 0 Å². The minimum absolute atomic E-state index is 0.0279. The monoisotopic (exact) mass is 375 g/mol. The lowest BCUT2D eigenvalue weighted by Gasteiger charge is -2.26. The number of carbonyl (C=O) groups excluding carboxylic acids is 1. The Kier molecular flexibility index (Phi) is 4.67. The molecule has 0 bridgehead atoms. The van der Waals surface area contributed by atoms with Gasteiger partial charge in [0, 0.05) is 17.7 Å². The van der Waals surface area contributed by atoms with E-state index in [1.807, 2.05) is 61.2 Å². The molecule has 4 rings (SSSR count). The summed E-state index contributed by atoms with van der Waals surface area (Å²) in [5.41, 5.74) is 5.60. The molecule has 0 saturated heterocycles. The number of aromatic hydroxyl groups is 1. The lowest BCUT2D eigenvalue weighted by Crippen LogP contribution is -2.30. The second-order valence-electron chi connectivity index (χ2n) is 7.50. The van der Waals surface area contributed by atoms with Crippen LogP contribution in [-0.4, -0.2) is 32.7 Å². The molecule has 0 fully saturated rings. The summed E-state index contributed by atoms with van der Waals surface area (Å²) in [5.74, 6) is 0.186. The molecule has 1 unspecified atom stereocenters. The van der Waals surface area contributed by atoms with Gasteiger partial charge in [-0.2, -0.15) is 5.10 Å². The van der Waals surface area contributed by atoms with Gasteiger partial charge >= 0.3 is 0 Å². The molecule has 0 aliphatic carbocycles. The molecule has 28 heavy (non-hydrogen) atoms. The van der Waals surface area contributed by atoms with Crippen LogP contribution in [0.5, 0.6) is 5.75 Å². The van der Waals surface area contributed by atoms with Gasteiger partial charge in [-0.05, 0) is 43.0 Å². The van der Waals surface area contributed by atoms with Crippen LogP contribution in [0.15, 0.2) is 42.5 Å². The van der Waals surface area contributed by atoms with Crippen LogP contribution in [0, 0.1) is 13.8 Å². The minimum atomic E-state index is -0.204. The fourth-order valence-electron chi connectivity index (χ4n) is 4.08. The molecule has 144 valence electrons. The number of phenols is 1. The number of nitrogens with one attached hydrogen (secondary N) is 1. The van der Waals surface area contributed by atoms with E-state index in [0.29, 0.717) is 23.5 Å². The normalized spacial score (nSPS) is 15.9. The third-order valence-corrected chi connectivity index (χ3v) is 5.43. The van der Waals surface area contributed by atoms with Gasteiger partial charge in [-0.15, -0.1) is 0 Å². The fourth-order valence-corrected chi connectivity index (χ4v) is 4.08. The Hall–Kier alpha value is -3.08. The summed E-state index contributed by atoms with van der Waals surface area (Å²) in [7, 11) is 0. The number of nitrogens with zero attached hydrogens (tertiary/aromatic N) is 2. The molecular weight excluding hydrogens is 350 g/mol. The first-order valence-electron chi connectivity index (χ1n) is 9.77. The number of rotatable bonds is 5. The molecular formula is C23H25N3O2. The maximum absolute atomic E-state index is 13.1. The highest BCUT2D eigenvalue weighted by Gasteiger charge is 2.42. The van der Waals surface area contributed by atoms with Crippen molar-refractivity contribution in [1.82, 2.24) is 15.1 Å². The van der Waals surface area contributed by atoms with E-state index >= 15 is 0 Å². The first-order chi connectivity index (χ1) is 13.5. The lowest BCUT2D eigenvalue weighted by molar-refractivity contribution is 0.0741. The molecule has 2 aromatic carbocycles. The van der Waals surface area contributed by atoms with Crippen LogP contribution in [-0.2, 0) is 0 Å². The number of amides is 1. The minimum Gasteiger partial charge on any atom is -0.507 e. The van der Waals surface area contributed by atoms with Crippen LogP contribution in [0.2, 0.25) is 0 Å². The zero-order valence-electron chi connectivity index (χ0n) is 16.5. The van der Waals surface area contributed by atoms with Crippen molar-refractivity contribution in [2.24, 2.45) is 0 Å². The van der Waals surface area contributed by atoms with Gasteiger partial charge in [-0.3, -0.25) is 9.89 Å². The topological polar surface area (TPSA) is 69.2 Å². The van der Waals surface area contributed by atoms with Gasteiger partial charge in [0.1, 0.15) is 17.1 Å². The van der Waals surface area contributed by atoms with Crippen molar-refractivity contribution in [1.29, 1.82) is 0 Å². The van der Waals surface area contributed by atoms with Gasteiger partial charge in [0.05, 0.1) is 6.04 Å². The first-order valence-corrected chi connectivity index (χ1v) is 9.77. The summed E-state index contributed by atoms with van der Waals surface area (Å²) in [5, 5.41) is 18.1. The number of aromatic nitrogens is 2. The average Bonchev–Trinajstić information content (AvgIpc) is 3.23. The number of hydrogen-bond acceptors (Lipinski definition) is 3. The first kappa shape index (κ1) is 18.3. The van der Waals surface area contributed by atoms with Crippen molar-refractivity contribution >= 4 is 5.91 Å². The Morgan fingerprint density at radius 1 is 1.18 bits per heavy atom. The second kappa shape index (κ2) is 7.15.